The molecule has 20 heavy (non-hydrogen) atoms. The largest absolute Gasteiger partial charge is 0.383 e. The fraction of sp³-hybridized carbons (Fsp3) is 0.429. The SMILES string of the molecule is COCCNC(=O)NC(=O)CN1CCc2ccccc21. The van der Waals surface area contributed by atoms with E-state index < -0.39 is 6.03 Å². The molecule has 1 heterocycles. The molecule has 6 heteroatoms. The number of carbonyl (C=O) groups is 2. The van der Waals surface area contributed by atoms with Crippen molar-refractivity contribution in [2.45, 2.75) is 6.42 Å². The minimum Gasteiger partial charge on any atom is -0.383 e. The normalized spacial score (nSPS) is 12.9. The highest BCUT2D eigenvalue weighted by molar-refractivity contribution is 5.96. The zero-order valence-corrected chi connectivity index (χ0v) is 11.5. The number of carbonyl (C=O) groups excluding carboxylic acids is 2. The van der Waals surface area contributed by atoms with Gasteiger partial charge in [0.15, 0.2) is 0 Å². The minimum atomic E-state index is -0.487. The maximum absolute atomic E-state index is 11.8. The number of ether oxygens (including phenoxy) is 1. The lowest BCUT2D eigenvalue weighted by atomic mass is 10.2. The first-order chi connectivity index (χ1) is 9.70. The molecule has 0 unspecified atom stereocenters. The highest BCUT2D eigenvalue weighted by Gasteiger charge is 2.21. The van der Waals surface area contributed by atoms with Gasteiger partial charge in [-0.25, -0.2) is 4.79 Å². The molecule has 0 saturated carbocycles. The van der Waals surface area contributed by atoms with E-state index in [9.17, 15) is 9.59 Å². The van der Waals surface area contributed by atoms with Gasteiger partial charge in [-0.1, -0.05) is 18.2 Å². The third-order valence-corrected chi connectivity index (χ3v) is 3.16. The Labute approximate surface area is 118 Å². The van der Waals surface area contributed by atoms with E-state index in [-0.39, 0.29) is 12.5 Å². The minimum absolute atomic E-state index is 0.189. The molecule has 0 aromatic heterocycles. The molecule has 0 fully saturated rings. The van der Waals surface area contributed by atoms with E-state index in [2.05, 4.69) is 16.7 Å². The number of fused-ring (bicyclic) bond motifs is 1. The van der Waals surface area contributed by atoms with Crippen LogP contribution in [0.3, 0.4) is 0 Å². The van der Waals surface area contributed by atoms with Crippen molar-refractivity contribution in [3.63, 3.8) is 0 Å². The highest BCUT2D eigenvalue weighted by atomic mass is 16.5. The summed E-state index contributed by atoms with van der Waals surface area (Å²) in [6.45, 7) is 1.79. The van der Waals surface area contributed by atoms with Crippen molar-refractivity contribution in [3.05, 3.63) is 29.8 Å². The average molecular weight is 277 g/mol. The van der Waals surface area contributed by atoms with E-state index in [0.717, 1.165) is 18.7 Å². The van der Waals surface area contributed by atoms with E-state index in [1.54, 1.807) is 7.11 Å². The molecular weight excluding hydrogens is 258 g/mol. The fourth-order valence-electron chi connectivity index (χ4n) is 2.22. The number of nitrogens with zero attached hydrogens (tertiary/aromatic N) is 1. The number of nitrogens with one attached hydrogen (secondary N) is 2. The number of amides is 3. The van der Waals surface area contributed by atoms with Crippen LogP contribution >= 0.6 is 0 Å². The number of hydrogen-bond acceptors (Lipinski definition) is 4. The highest BCUT2D eigenvalue weighted by Crippen LogP contribution is 2.26. The Bertz CT molecular complexity index is 490. The number of methoxy groups -OCH3 is 1. The standard InChI is InChI=1S/C14H19N3O3/c1-20-9-7-15-14(19)16-13(18)10-17-8-6-11-4-2-3-5-12(11)17/h2-5H,6-10H2,1H3,(H2,15,16,18,19). The van der Waals surface area contributed by atoms with Crippen molar-refractivity contribution in [2.75, 3.05) is 38.3 Å². The quantitative estimate of drug-likeness (QED) is 0.770. The Morgan fingerprint density at radius 3 is 2.95 bits per heavy atom. The van der Waals surface area contributed by atoms with Crippen LogP contribution in [-0.2, 0) is 16.0 Å². The second kappa shape index (κ2) is 6.91. The first-order valence-electron chi connectivity index (χ1n) is 6.60. The van der Waals surface area contributed by atoms with Gasteiger partial charge in [0.05, 0.1) is 13.2 Å². The van der Waals surface area contributed by atoms with Crippen LogP contribution in [0.2, 0.25) is 0 Å². The number of imide groups is 1. The second-order valence-corrected chi connectivity index (χ2v) is 4.60. The van der Waals surface area contributed by atoms with Gasteiger partial charge in [0, 0.05) is 25.9 Å². The topological polar surface area (TPSA) is 70.7 Å². The summed E-state index contributed by atoms with van der Waals surface area (Å²) in [5.41, 5.74) is 2.31. The molecule has 0 radical (unpaired) electrons. The van der Waals surface area contributed by atoms with Gasteiger partial charge in [0.25, 0.3) is 0 Å². The van der Waals surface area contributed by atoms with Gasteiger partial charge in [-0.3, -0.25) is 10.1 Å². The zero-order chi connectivity index (χ0) is 14.4. The molecule has 2 N–H and O–H groups in total. The summed E-state index contributed by atoms with van der Waals surface area (Å²) in [5, 5.41) is 4.85. The van der Waals surface area contributed by atoms with Crippen LogP contribution in [0, 0.1) is 0 Å². The molecule has 1 aliphatic heterocycles. The van der Waals surface area contributed by atoms with Crippen LogP contribution < -0.4 is 15.5 Å². The molecule has 6 nitrogen and oxygen atoms in total. The van der Waals surface area contributed by atoms with Crippen LogP contribution in [0.1, 0.15) is 5.56 Å². The maximum atomic E-state index is 11.8. The van der Waals surface area contributed by atoms with E-state index in [4.69, 9.17) is 4.74 Å². The summed E-state index contributed by atoms with van der Waals surface area (Å²) in [7, 11) is 1.55. The number of hydrogen-bond donors (Lipinski definition) is 2. The molecule has 1 aliphatic rings. The van der Waals surface area contributed by atoms with Gasteiger partial charge in [-0.2, -0.15) is 0 Å². The third kappa shape index (κ3) is 3.71. The smallest absolute Gasteiger partial charge is 0.321 e. The van der Waals surface area contributed by atoms with Crippen molar-refractivity contribution in [2.24, 2.45) is 0 Å². The maximum Gasteiger partial charge on any atom is 0.321 e. The molecule has 0 aliphatic carbocycles. The van der Waals surface area contributed by atoms with Crippen LogP contribution in [0.5, 0.6) is 0 Å². The Morgan fingerprint density at radius 1 is 1.35 bits per heavy atom. The van der Waals surface area contributed by atoms with Gasteiger partial charge >= 0.3 is 6.03 Å². The van der Waals surface area contributed by atoms with Crippen LogP contribution in [-0.4, -0.2) is 45.3 Å². The Hall–Kier alpha value is -2.08. The molecule has 0 spiro atoms. The molecule has 108 valence electrons. The third-order valence-electron chi connectivity index (χ3n) is 3.16. The summed E-state index contributed by atoms with van der Waals surface area (Å²) in [5.74, 6) is -0.309. The summed E-state index contributed by atoms with van der Waals surface area (Å²) < 4.78 is 4.81. The van der Waals surface area contributed by atoms with E-state index in [1.807, 2.05) is 23.1 Å². The average Bonchev–Trinajstić information content (AvgIpc) is 2.82. The molecule has 2 rings (SSSR count). The summed E-state index contributed by atoms with van der Waals surface area (Å²) >= 11 is 0. The fourth-order valence-corrected chi connectivity index (χ4v) is 2.22. The zero-order valence-electron chi connectivity index (χ0n) is 11.5. The van der Waals surface area contributed by atoms with Gasteiger partial charge in [0.2, 0.25) is 5.91 Å². The molecule has 1 aromatic rings. The van der Waals surface area contributed by atoms with Crippen LogP contribution in [0.15, 0.2) is 24.3 Å². The molecule has 3 amide bonds. The van der Waals surface area contributed by atoms with Gasteiger partial charge < -0.3 is 15.0 Å². The predicted octanol–water partition coefficient (Wildman–Crippen LogP) is 0.521. The summed E-state index contributed by atoms with van der Waals surface area (Å²) in [6, 6.07) is 7.51. The Morgan fingerprint density at radius 2 is 2.15 bits per heavy atom. The molecule has 1 aromatic carbocycles. The van der Waals surface area contributed by atoms with Crippen molar-refractivity contribution in [1.29, 1.82) is 0 Å². The van der Waals surface area contributed by atoms with Crippen LogP contribution in [0.25, 0.3) is 0 Å². The van der Waals surface area contributed by atoms with Gasteiger partial charge in [-0.05, 0) is 18.1 Å². The lowest BCUT2D eigenvalue weighted by Gasteiger charge is -2.18. The Balaban J connectivity index is 1.80. The summed E-state index contributed by atoms with van der Waals surface area (Å²) in [4.78, 5) is 25.2. The summed E-state index contributed by atoms with van der Waals surface area (Å²) in [6.07, 6.45) is 0.934. The van der Waals surface area contributed by atoms with Crippen molar-refractivity contribution < 1.29 is 14.3 Å². The second-order valence-electron chi connectivity index (χ2n) is 4.60. The lowest BCUT2D eigenvalue weighted by Crippen LogP contribution is -2.45. The van der Waals surface area contributed by atoms with Crippen molar-refractivity contribution in [3.8, 4) is 0 Å². The van der Waals surface area contributed by atoms with Crippen molar-refractivity contribution >= 4 is 17.6 Å². The number of anilines is 1. The number of para-hydroxylation sites is 1. The van der Waals surface area contributed by atoms with E-state index in [0.29, 0.717) is 13.2 Å². The molecule has 0 bridgehead atoms. The Kier molecular flexibility index (Phi) is 4.95. The van der Waals surface area contributed by atoms with Gasteiger partial charge in [-0.15, -0.1) is 0 Å². The van der Waals surface area contributed by atoms with E-state index in [1.165, 1.54) is 5.56 Å². The van der Waals surface area contributed by atoms with Crippen LogP contribution in [0.4, 0.5) is 10.5 Å². The first kappa shape index (κ1) is 14.3. The lowest BCUT2D eigenvalue weighted by molar-refractivity contribution is -0.118. The first-order valence-corrected chi connectivity index (χ1v) is 6.60. The number of benzene rings is 1. The predicted molar refractivity (Wildman–Crippen MR) is 75.8 cm³/mol. The van der Waals surface area contributed by atoms with Gasteiger partial charge in [0.1, 0.15) is 0 Å². The number of urea groups is 1. The molecule has 0 saturated heterocycles. The van der Waals surface area contributed by atoms with Crippen molar-refractivity contribution in [1.82, 2.24) is 10.6 Å². The molecular formula is C14H19N3O3. The van der Waals surface area contributed by atoms with E-state index >= 15 is 0 Å². The number of rotatable bonds is 5. The molecule has 0 atom stereocenters. The monoisotopic (exact) mass is 277 g/mol.